The summed E-state index contributed by atoms with van der Waals surface area (Å²) in [6, 6.07) is 8.34. The van der Waals surface area contributed by atoms with Gasteiger partial charge in [0.1, 0.15) is 23.1 Å². The Morgan fingerprint density at radius 3 is 2.26 bits per heavy atom. The van der Waals surface area contributed by atoms with Crippen LogP contribution in [0.3, 0.4) is 0 Å². The Hall–Kier alpha value is -2.63. The van der Waals surface area contributed by atoms with Gasteiger partial charge in [-0.3, -0.25) is 4.79 Å². The van der Waals surface area contributed by atoms with Crippen molar-refractivity contribution >= 4 is 11.6 Å². The van der Waals surface area contributed by atoms with E-state index >= 15 is 0 Å². The number of benzene rings is 2. The fourth-order valence-corrected chi connectivity index (χ4v) is 2.07. The van der Waals surface area contributed by atoms with Gasteiger partial charge in [-0.25, -0.2) is 8.78 Å². The number of amides is 1. The quantitative estimate of drug-likeness (QED) is 0.885. The predicted octanol–water partition coefficient (Wildman–Crippen LogP) is 3.55. The van der Waals surface area contributed by atoms with Crippen LogP contribution in [0.15, 0.2) is 36.4 Å². The van der Waals surface area contributed by atoms with E-state index in [0.29, 0.717) is 17.9 Å². The van der Waals surface area contributed by atoms with E-state index in [2.05, 4.69) is 5.32 Å². The first kappa shape index (κ1) is 16.7. The molecule has 23 heavy (non-hydrogen) atoms. The van der Waals surface area contributed by atoms with Crippen molar-refractivity contribution in [3.8, 4) is 11.5 Å². The van der Waals surface area contributed by atoms with Gasteiger partial charge in [-0.15, -0.1) is 0 Å². The molecule has 0 heterocycles. The summed E-state index contributed by atoms with van der Waals surface area (Å²) < 4.78 is 36.6. The molecule has 0 bridgehead atoms. The molecule has 0 aliphatic heterocycles. The van der Waals surface area contributed by atoms with Crippen molar-refractivity contribution in [2.24, 2.45) is 0 Å². The van der Waals surface area contributed by atoms with Crippen LogP contribution in [0.4, 0.5) is 14.5 Å². The Morgan fingerprint density at radius 2 is 1.70 bits per heavy atom. The lowest BCUT2D eigenvalue weighted by atomic mass is 10.1. The number of hydrogen-bond acceptors (Lipinski definition) is 3. The van der Waals surface area contributed by atoms with Crippen molar-refractivity contribution < 1.29 is 23.0 Å². The summed E-state index contributed by atoms with van der Waals surface area (Å²) in [5.74, 6) is -0.601. The molecular weight excluding hydrogens is 304 g/mol. The first-order valence-corrected chi connectivity index (χ1v) is 6.98. The molecule has 2 rings (SSSR count). The van der Waals surface area contributed by atoms with Crippen molar-refractivity contribution in [2.75, 3.05) is 19.5 Å². The van der Waals surface area contributed by atoms with Gasteiger partial charge in [0, 0.05) is 18.6 Å². The molecule has 0 spiro atoms. The summed E-state index contributed by atoms with van der Waals surface area (Å²) in [5.41, 5.74) is 0.815. The Bertz CT molecular complexity index is 682. The van der Waals surface area contributed by atoms with Crippen LogP contribution in [0.25, 0.3) is 0 Å². The molecule has 2 aromatic carbocycles. The summed E-state index contributed by atoms with van der Waals surface area (Å²) >= 11 is 0. The number of rotatable bonds is 6. The SMILES string of the molecule is COc1cc(CCC(=O)Nc2ccc(F)cc2F)cc(OC)c1. The predicted molar refractivity (Wildman–Crippen MR) is 82.9 cm³/mol. The molecule has 0 aliphatic rings. The van der Waals surface area contributed by atoms with E-state index in [4.69, 9.17) is 9.47 Å². The van der Waals surface area contributed by atoms with Gasteiger partial charge in [0.15, 0.2) is 0 Å². The number of methoxy groups -OCH3 is 2. The summed E-state index contributed by atoms with van der Waals surface area (Å²) in [6.07, 6.45) is 0.579. The van der Waals surface area contributed by atoms with Crippen molar-refractivity contribution in [1.29, 1.82) is 0 Å². The lowest BCUT2D eigenvalue weighted by Crippen LogP contribution is -2.13. The second kappa shape index (κ2) is 7.58. The van der Waals surface area contributed by atoms with Gasteiger partial charge in [0.25, 0.3) is 0 Å². The second-order valence-corrected chi connectivity index (χ2v) is 4.89. The van der Waals surface area contributed by atoms with Crippen LogP contribution in [-0.2, 0) is 11.2 Å². The molecule has 0 atom stereocenters. The molecule has 0 radical (unpaired) electrons. The van der Waals surface area contributed by atoms with E-state index in [1.165, 1.54) is 6.07 Å². The third kappa shape index (κ3) is 4.67. The van der Waals surface area contributed by atoms with Crippen LogP contribution in [0.2, 0.25) is 0 Å². The summed E-state index contributed by atoms with van der Waals surface area (Å²) in [7, 11) is 3.09. The van der Waals surface area contributed by atoms with E-state index in [9.17, 15) is 13.6 Å². The highest BCUT2D eigenvalue weighted by Crippen LogP contribution is 2.23. The fraction of sp³-hybridized carbons (Fsp3) is 0.235. The monoisotopic (exact) mass is 321 g/mol. The maximum atomic E-state index is 13.5. The molecule has 0 unspecified atom stereocenters. The zero-order valence-electron chi connectivity index (χ0n) is 12.9. The normalized spacial score (nSPS) is 10.3. The maximum Gasteiger partial charge on any atom is 0.224 e. The van der Waals surface area contributed by atoms with Crippen LogP contribution < -0.4 is 14.8 Å². The molecule has 4 nitrogen and oxygen atoms in total. The molecule has 0 aromatic heterocycles. The Labute approximate surface area is 133 Å². The van der Waals surface area contributed by atoms with E-state index in [0.717, 1.165) is 17.7 Å². The highest BCUT2D eigenvalue weighted by atomic mass is 19.1. The number of anilines is 1. The van der Waals surface area contributed by atoms with Gasteiger partial charge >= 0.3 is 0 Å². The maximum absolute atomic E-state index is 13.5. The summed E-state index contributed by atoms with van der Waals surface area (Å²) in [6.45, 7) is 0. The van der Waals surface area contributed by atoms with Crippen molar-refractivity contribution in [1.82, 2.24) is 0 Å². The fourth-order valence-electron chi connectivity index (χ4n) is 2.07. The van der Waals surface area contributed by atoms with Gasteiger partial charge < -0.3 is 14.8 Å². The minimum atomic E-state index is -0.804. The molecule has 0 saturated carbocycles. The number of hydrogen-bond donors (Lipinski definition) is 1. The van der Waals surface area contributed by atoms with Gasteiger partial charge in [-0.1, -0.05) is 0 Å². The zero-order chi connectivity index (χ0) is 16.8. The lowest BCUT2D eigenvalue weighted by Gasteiger charge is -2.09. The number of carbonyl (C=O) groups excluding carboxylic acids is 1. The molecule has 122 valence electrons. The smallest absolute Gasteiger partial charge is 0.224 e. The third-order valence-corrected chi connectivity index (χ3v) is 3.26. The molecule has 2 aromatic rings. The molecule has 1 amide bonds. The number of aryl methyl sites for hydroxylation is 1. The highest BCUT2D eigenvalue weighted by Gasteiger charge is 2.09. The number of carbonyl (C=O) groups is 1. The molecule has 0 saturated heterocycles. The minimum Gasteiger partial charge on any atom is -0.497 e. The average molecular weight is 321 g/mol. The van der Waals surface area contributed by atoms with Crippen molar-refractivity contribution in [2.45, 2.75) is 12.8 Å². The van der Waals surface area contributed by atoms with Crippen LogP contribution in [-0.4, -0.2) is 20.1 Å². The van der Waals surface area contributed by atoms with Crippen LogP contribution in [0, 0.1) is 11.6 Å². The van der Waals surface area contributed by atoms with Crippen molar-refractivity contribution in [3.63, 3.8) is 0 Å². The van der Waals surface area contributed by atoms with Crippen molar-refractivity contribution in [3.05, 3.63) is 53.6 Å². The topological polar surface area (TPSA) is 47.6 Å². The molecule has 0 aliphatic carbocycles. The first-order valence-electron chi connectivity index (χ1n) is 6.98. The molecule has 0 fully saturated rings. The van der Waals surface area contributed by atoms with Gasteiger partial charge in [0.2, 0.25) is 5.91 Å². The molecule has 1 N–H and O–H groups in total. The third-order valence-electron chi connectivity index (χ3n) is 3.26. The van der Waals surface area contributed by atoms with Gasteiger partial charge in [-0.2, -0.15) is 0 Å². The number of halogens is 2. The Balaban J connectivity index is 1.99. The zero-order valence-corrected chi connectivity index (χ0v) is 12.9. The summed E-state index contributed by atoms with van der Waals surface area (Å²) in [4.78, 5) is 11.9. The lowest BCUT2D eigenvalue weighted by molar-refractivity contribution is -0.116. The standard InChI is InChI=1S/C17H17F2NO3/c1-22-13-7-11(8-14(10-13)23-2)3-6-17(21)20-16-5-4-12(18)9-15(16)19/h4-5,7-10H,3,6H2,1-2H3,(H,20,21). The molecule has 6 heteroatoms. The van der Waals surface area contributed by atoms with Crippen LogP contribution >= 0.6 is 0 Å². The Morgan fingerprint density at radius 1 is 1.04 bits per heavy atom. The van der Waals surface area contributed by atoms with Gasteiger partial charge in [0.05, 0.1) is 19.9 Å². The molecular formula is C17H17F2NO3. The Kier molecular flexibility index (Phi) is 5.51. The summed E-state index contributed by atoms with van der Waals surface area (Å²) in [5, 5.41) is 2.42. The van der Waals surface area contributed by atoms with E-state index in [-0.39, 0.29) is 18.0 Å². The van der Waals surface area contributed by atoms with Gasteiger partial charge in [-0.05, 0) is 36.2 Å². The highest BCUT2D eigenvalue weighted by molar-refractivity contribution is 5.90. The average Bonchev–Trinajstić information content (AvgIpc) is 2.55. The van der Waals surface area contributed by atoms with E-state index in [1.54, 1.807) is 32.4 Å². The van der Waals surface area contributed by atoms with E-state index < -0.39 is 11.6 Å². The second-order valence-electron chi connectivity index (χ2n) is 4.89. The first-order chi connectivity index (χ1) is 11.0. The largest absolute Gasteiger partial charge is 0.497 e. The number of nitrogens with one attached hydrogen (secondary N) is 1. The van der Waals surface area contributed by atoms with Crippen LogP contribution in [0.5, 0.6) is 11.5 Å². The van der Waals surface area contributed by atoms with Crippen LogP contribution in [0.1, 0.15) is 12.0 Å². The minimum absolute atomic E-state index is 0.0420. The van der Waals surface area contributed by atoms with E-state index in [1.807, 2.05) is 0 Å². The number of ether oxygens (including phenoxy) is 2.